The number of ether oxygens (including phenoxy) is 2. The Bertz CT molecular complexity index is 168. The van der Waals surface area contributed by atoms with Crippen molar-refractivity contribution < 1.29 is 14.6 Å². The van der Waals surface area contributed by atoms with E-state index in [1.807, 2.05) is 13.8 Å². The van der Waals surface area contributed by atoms with Crippen molar-refractivity contribution in [2.45, 2.75) is 45.8 Å². The highest BCUT2D eigenvalue weighted by Crippen LogP contribution is 2.42. The van der Waals surface area contributed by atoms with Gasteiger partial charge in [0.25, 0.3) is 0 Å². The molecule has 1 aliphatic carbocycles. The topological polar surface area (TPSA) is 38.7 Å². The third-order valence-electron chi connectivity index (χ3n) is 3.02. The van der Waals surface area contributed by atoms with Crippen LogP contribution in [0.1, 0.15) is 33.6 Å². The van der Waals surface area contributed by atoms with Gasteiger partial charge in [-0.15, -0.1) is 0 Å². The van der Waals surface area contributed by atoms with Crippen LogP contribution < -0.4 is 0 Å². The molecule has 0 radical (unpaired) electrons. The summed E-state index contributed by atoms with van der Waals surface area (Å²) in [4.78, 5) is 0. The quantitative estimate of drug-likeness (QED) is 0.665. The minimum Gasteiger partial charge on any atom is -0.392 e. The standard InChI is InChI=1S/C11H22O3/c1-4-5-13-6-7-14-10-8-9(12)11(10,2)3/h9-10,12H,4-8H2,1-3H3. The average Bonchev–Trinajstić information content (AvgIpc) is 2.16. The normalized spacial score (nSPS) is 30.0. The van der Waals surface area contributed by atoms with Gasteiger partial charge in [-0.25, -0.2) is 0 Å². The average molecular weight is 202 g/mol. The Balaban J connectivity index is 2.03. The van der Waals surface area contributed by atoms with Gasteiger partial charge in [-0.2, -0.15) is 0 Å². The van der Waals surface area contributed by atoms with Crippen molar-refractivity contribution in [3.63, 3.8) is 0 Å². The molecule has 2 atom stereocenters. The molecule has 1 fully saturated rings. The number of hydrogen-bond acceptors (Lipinski definition) is 3. The van der Waals surface area contributed by atoms with Crippen molar-refractivity contribution in [3.05, 3.63) is 0 Å². The predicted octanol–water partition coefficient (Wildman–Crippen LogP) is 1.59. The van der Waals surface area contributed by atoms with Gasteiger partial charge < -0.3 is 14.6 Å². The van der Waals surface area contributed by atoms with Crippen molar-refractivity contribution in [3.8, 4) is 0 Å². The third kappa shape index (κ3) is 2.69. The summed E-state index contributed by atoms with van der Waals surface area (Å²) in [7, 11) is 0. The van der Waals surface area contributed by atoms with Gasteiger partial charge in [0.15, 0.2) is 0 Å². The van der Waals surface area contributed by atoms with Crippen molar-refractivity contribution in [2.24, 2.45) is 5.41 Å². The summed E-state index contributed by atoms with van der Waals surface area (Å²) in [5.74, 6) is 0. The maximum atomic E-state index is 9.48. The molecular weight excluding hydrogens is 180 g/mol. The molecule has 1 saturated carbocycles. The lowest BCUT2D eigenvalue weighted by molar-refractivity contribution is -0.179. The minimum atomic E-state index is -0.205. The third-order valence-corrected chi connectivity index (χ3v) is 3.02. The first-order valence-corrected chi connectivity index (χ1v) is 5.46. The molecule has 0 amide bonds. The molecule has 0 aromatic heterocycles. The highest BCUT2D eigenvalue weighted by atomic mass is 16.5. The van der Waals surface area contributed by atoms with E-state index in [1.165, 1.54) is 0 Å². The summed E-state index contributed by atoms with van der Waals surface area (Å²) in [6.45, 7) is 8.28. The van der Waals surface area contributed by atoms with Crippen LogP contribution in [0.3, 0.4) is 0 Å². The zero-order chi connectivity index (χ0) is 10.6. The lowest BCUT2D eigenvalue weighted by Gasteiger charge is -2.48. The first kappa shape index (κ1) is 12.0. The Morgan fingerprint density at radius 2 is 2.00 bits per heavy atom. The Hall–Kier alpha value is -0.120. The maximum absolute atomic E-state index is 9.48. The summed E-state index contributed by atoms with van der Waals surface area (Å²) in [5.41, 5.74) is -0.0786. The van der Waals surface area contributed by atoms with Gasteiger partial charge in [0, 0.05) is 18.4 Å². The summed E-state index contributed by atoms with van der Waals surface area (Å²) in [5, 5.41) is 9.48. The van der Waals surface area contributed by atoms with Crippen molar-refractivity contribution in [1.82, 2.24) is 0 Å². The Morgan fingerprint density at radius 3 is 2.50 bits per heavy atom. The molecule has 0 aromatic carbocycles. The number of aliphatic hydroxyl groups is 1. The van der Waals surface area contributed by atoms with E-state index in [0.29, 0.717) is 13.2 Å². The van der Waals surface area contributed by atoms with E-state index in [1.54, 1.807) is 0 Å². The van der Waals surface area contributed by atoms with E-state index in [0.717, 1.165) is 19.4 Å². The fraction of sp³-hybridized carbons (Fsp3) is 1.00. The van der Waals surface area contributed by atoms with Crippen LogP contribution in [0.2, 0.25) is 0 Å². The molecule has 0 aromatic rings. The van der Waals surface area contributed by atoms with Crippen LogP contribution in [-0.2, 0) is 9.47 Å². The SMILES string of the molecule is CCCOCCOC1CC(O)C1(C)C. The van der Waals surface area contributed by atoms with E-state index in [2.05, 4.69) is 6.92 Å². The van der Waals surface area contributed by atoms with Crippen LogP contribution in [0.4, 0.5) is 0 Å². The van der Waals surface area contributed by atoms with Crippen LogP contribution >= 0.6 is 0 Å². The summed E-state index contributed by atoms with van der Waals surface area (Å²) in [6.07, 6.45) is 1.81. The van der Waals surface area contributed by atoms with Gasteiger partial charge in [-0.3, -0.25) is 0 Å². The van der Waals surface area contributed by atoms with Gasteiger partial charge in [0.1, 0.15) is 0 Å². The number of rotatable bonds is 6. The van der Waals surface area contributed by atoms with Crippen LogP contribution in [0, 0.1) is 5.41 Å². The summed E-state index contributed by atoms with van der Waals surface area (Å²) >= 11 is 0. The molecule has 14 heavy (non-hydrogen) atoms. The van der Waals surface area contributed by atoms with Gasteiger partial charge >= 0.3 is 0 Å². The molecule has 0 bridgehead atoms. The highest BCUT2D eigenvalue weighted by Gasteiger charge is 2.47. The van der Waals surface area contributed by atoms with Crippen LogP contribution in [-0.4, -0.2) is 37.1 Å². The fourth-order valence-corrected chi connectivity index (χ4v) is 1.64. The summed E-state index contributed by atoms with van der Waals surface area (Å²) in [6, 6.07) is 0. The second-order valence-electron chi connectivity index (χ2n) is 4.54. The molecule has 0 spiro atoms. The van der Waals surface area contributed by atoms with Crippen molar-refractivity contribution in [2.75, 3.05) is 19.8 Å². The molecule has 2 unspecified atom stereocenters. The second-order valence-corrected chi connectivity index (χ2v) is 4.54. The van der Waals surface area contributed by atoms with E-state index < -0.39 is 0 Å². The van der Waals surface area contributed by atoms with Gasteiger partial charge in [0.2, 0.25) is 0 Å². The minimum absolute atomic E-state index is 0.0786. The van der Waals surface area contributed by atoms with Gasteiger partial charge in [0.05, 0.1) is 25.4 Å². The van der Waals surface area contributed by atoms with Crippen LogP contribution in [0.15, 0.2) is 0 Å². The first-order valence-electron chi connectivity index (χ1n) is 5.46. The van der Waals surface area contributed by atoms with E-state index >= 15 is 0 Å². The predicted molar refractivity (Wildman–Crippen MR) is 55.3 cm³/mol. The highest BCUT2D eigenvalue weighted by molar-refractivity contribution is 4.98. The summed E-state index contributed by atoms with van der Waals surface area (Å²) < 4.78 is 10.9. The molecule has 1 N–H and O–H groups in total. The maximum Gasteiger partial charge on any atom is 0.0704 e. The first-order chi connectivity index (χ1) is 6.59. The largest absolute Gasteiger partial charge is 0.392 e. The Labute approximate surface area is 86.4 Å². The number of hydrogen-bond donors (Lipinski definition) is 1. The molecule has 0 aliphatic heterocycles. The zero-order valence-electron chi connectivity index (χ0n) is 9.45. The molecule has 3 nitrogen and oxygen atoms in total. The fourth-order valence-electron chi connectivity index (χ4n) is 1.64. The van der Waals surface area contributed by atoms with E-state index in [4.69, 9.17) is 9.47 Å². The molecule has 3 heteroatoms. The molecule has 1 aliphatic rings. The van der Waals surface area contributed by atoms with Crippen molar-refractivity contribution >= 4 is 0 Å². The van der Waals surface area contributed by atoms with E-state index in [9.17, 15) is 5.11 Å². The van der Waals surface area contributed by atoms with Crippen LogP contribution in [0.25, 0.3) is 0 Å². The van der Waals surface area contributed by atoms with Gasteiger partial charge in [-0.05, 0) is 6.42 Å². The van der Waals surface area contributed by atoms with Crippen molar-refractivity contribution in [1.29, 1.82) is 0 Å². The molecular formula is C11H22O3. The van der Waals surface area contributed by atoms with Gasteiger partial charge in [-0.1, -0.05) is 20.8 Å². The zero-order valence-corrected chi connectivity index (χ0v) is 9.45. The lowest BCUT2D eigenvalue weighted by atomic mass is 9.66. The number of aliphatic hydroxyl groups excluding tert-OH is 1. The monoisotopic (exact) mass is 202 g/mol. The molecule has 1 rings (SSSR count). The lowest BCUT2D eigenvalue weighted by Crippen LogP contribution is -2.54. The Kier molecular flexibility index (Phi) is 4.35. The molecule has 84 valence electrons. The molecule has 0 saturated heterocycles. The Morgan fingerprint density at radius 1 is 1.29 bits per heavy atom. The molecule has 0 heterocycles. The second kappa shape index (κ2) is 5.10. The van der Waals surface area contributed by atoms with E-state index in [-0.39, 0.29) is 17.6 Å². The van der Waals surface area contributed by atoms with Crippen LogP contribution in [0.5, 0.6) is 0 Å². The smallest absolute Gasteiger partial charge is 0.0704 e.